The SMILES string of the molecule is CN(Cc1cc[nH]c1)c1cc(NCCCN)ncn1. The Morgan fingerprint density at radius 2 is 2.32 bits per heavy atom. The number of aromatic amines is 1. The lowest BCUT2D eigenvalue weighted by Crippen LogP contribution is -2.18. The molecule has 0 spiro atoms. The fourth-order valence-electron chi connectivity index (χ4n) is 1.78. The Labute approximate surface area is 113 Å². The van der Waals surface area contributed by atoms with Crippen molar-refractivity contribution in [3.05, 3.63) is 36.4 Å². The summed E-state index contributed by atoms with van der Waals surface area (Å²) in [5.74, 6) is 1.73. The maximum Gasteiger partial charge on any atom is 0.134 e. The Morgan fingerprint density at radius 1 is 1.42 bits per heavy atom. The first kappa shape index (κ1) is 13.4. The molecule has 0 atom stereocenters. The molecule has 0 saturated heterocycles. The number of aromatic nitrogens is 3. The van der Waals surface area contributed by atoms with E-state index in [2.05, 4.69) is 31.2 Å². The number of nitrogens with zero attached hydrogens (tertiary/aromatic N) is 3. The molecule has 0 fully saturated rings. The maximum absolute atomic E-state index is 5.46. The topological polar surface area (TPSA) is 82.9 Å². The lowest BCUT2D eigenvalue weighted by molar-refractivity contribution is 0.863. The zero-order valence-electron chi connectivity index (χ0n) is 11.1. The van der Waals surface area contributed by atoms with Crippen LogP contribution in [-0.2, 0) is 6.54 Å². The Hall–Kier alpha value is -2.08. The fourth-order valence-corrected chi connectivity index (χ4v) is 1.78. The van der Waals surface area contributed by atoms with Crippen molar-refractivity contribution in [1.29, 1.82) is 0 Å². The largest absolute Gasteiger partial charge is 0.370 e. The molecule has 6 nitrogen and oxygen atoms in total. The van der Waals surface area contributed by atoms with E-state index in [9.17, 15) is 0 Å². The minimum absolute atomic E-state index is 0.679. The standard InChI is InChI=1S/C13H20N6/c1-19(9-11-3-6-15-8-11)13-7-12(17-10-18-13)16-5-2-4-14/h3,6-8,10,15H,2,4-5,9,14H2,1H3,(H,16,17,18). The van der Waals surface area contributed by atoms with Gasteiger partial charge in [-0.25, -0.2) is 9.97 Å². The number of hydrogen-bond acceptors (Lipinski definition) is 5. The lowest BCUT2D eigenvalue weighted by Gasteiger charge is -2.17. The average molecular weight is 260 g/mol. The predicted octanol–water partition coefficient (Wildman–Crippen LogP) is 1.20. The summed E-state index contributed by atoms with van der Waals surface area (Å²) in [7, 11) is 2.01. The van der Waals surface area contributed by atoms with Crippen molar-refractivity contribution in [2.75, 3.05) is 30.4 Å². The number of nitrogens with two attached hydrogens (primary N) is 1. The van der Waals surface area contributed by atoms with Gasteiger partial charge in [0.1, 0.15) is 18.0 Å². The van der Waals surface area contributed by atoms with Crippen molar-refractivity contribution in [3.63, 3.8) is 0 Å². The summed E-state index contributed by atoms with van der Waals surface area (Å²) in [4.78, 5) is 13.6. The second kappa shape index (κ2) is 6.75. The molecule has 6 heteroatoms. The molecular weight excluding hydrogens is 240 g/mol. The lowest BCUT2D eigenvalue weighted by atomic mass is 10.3. The number of H-pyrrole nitrogens is 1. The van der Waals surface area contributed by atoms with E-state index in [1.165, 1.54) is 5.56 Å². The van der Waals surface area contributed by atoms with Gasteiger partial charge >= 0.3 is 0 Å². The van der Waals surface area contributed by atoms with Crippen molar-refractivity contribution in [2.45, 2.75) is 13.0 Å². The van der Waals surface area contributed by atoms with Gasteiger partial charge in [0, 0.05) is 38.6 Å². The van der Waals surface area contributed by atoms with Crippen LogP contribution in [0.1, 0.15) is 12.0 Å². The van der Waals surface area contributed by atoms with Gasteiger partial charge in [-0.1, -0.05) is 0 Å². The molecular formula is C13H20N6. The van der Waals surface area contributed by atoms with E-state index in [1.807, 2.05) is 25.5 Å². The summed E-state index contributed by atoms with van der Waals surface area (Å²) in [5, 5.41) is 3.24. The molecule has 0 aliphatic carbocycles. The van der Waals surface area contributed by atoms with Gasteiger partial charge in [0.25, 0.3) is 0 Å². The first-order valence-electron chi connectivity index (χ1n) is 6.38. The zero-order valence-corrected chi connectivity index (χ0v) is 11.1. The van der Waals surface area contributed by atoms with Crippen LogP contribution in [0.5, 0.6) is 0 Å². The maximum atomic E-state index is 5.46. The highest BCUT2D eigenvalue weighted by atomic mass is 15.2. The molecule has 2 rings (SSSR count). The van der Waals surface area contributed by atoms with Crippen LogP contribution in [0.15, 0.2) is 30.9 Å². The summed E-state index contributed by atoms with van der Waals surface area (Å²) in [6.45, 7) is 2.32. The molecule has 0 aliphatic heterocycles. The van der Waals surface area contributed by atoms with Crippen LogP contribution in [-0.4, -0.2) is 35.1 Å². The van der Waals surface area contributed by atoms with Crippen molar-refractivity contribution < 1.29 is 0 Å². The number of anilines is 2. The zero-order chi connectivity index (χ0) is 13.5. The Kier molecular flexibility index (Phi) is 4.74. The van der Waals surface area contributed by atoms with E-state index >= 15 is 0 Å². The second-order valence-corrected chi connectivity index (χ2v) is 4.41. The smallest absolute Gasteiger partial charge is 0.134 e. The summed E-state index contributed by atoms with van der Waals surface area (Å²) < 4.78 is 0. The molecule has 19 heavy (non-hydrogen) atoms. The summed E-state index contributed by atoms with van der Waals surface area (Å²) >= 11 is 0. The van der Waals surface area contributed by atoms with Crippen LogP contribution < -0.4 is 16.0 Å². The predicted molar refractivity (Wildman–Crippen MR) is 77.1 cm³/mol. The van der Waals surface area contributed by atoms with Crippen LogP contribution in [0.3, 0.4) is 0 Å². The van der Waals surface area contributed by atoms with Gasteiger partial charge in [-0.2, -0.15) is 0 Å². The molecule has 2 aromatic heterocycles. The van der Waals surface area contributed by atoms with E-state index in [-0.39, 0.29) is 0 Å². The minimum Gasteiger partial charge on any atom is -0.370 e. The van der Waals surface area contributed by atoms with Gasteiger partial charge in [-0.05, 0) is 24.6 Å². The summed E-state index contributed by atoms with van der Waals surface area (Å²) in [6.07, 6.45) is 6.41. The second-order valence-electron chi connectivity index (χ2n) is 4.41. The summed E-state index contributed by atoms with van der Waals surface area (Å²) in [6, 6.07) is 4.00. The highest BCUT2D eigenvalue weighted by Crippen LogP contribution is 2.15. The van der Waals surface area contributed by atoms with E-state index in [0.29, 0.717) is 6.54 Å². The van der Waals surface area contributed by atoms with Gasteiger partial charge < -0.3 is 20.9 Å². The van der Waals surface area contributed by atoms with E-state index in [1.54, 1.807) is 6.33 Å². The molecule has 0 bridgehead atoms. The number of hydrogen-bond donors (Lipinski definition) is 3. The highest BCUT2D eigenvalue weighted by Gasteiger charge is 2.05. The van der Waals surface area contributed by atoms with E-state index in [0.717, 1.165) is 31.1 Å². The van der Waals surface area contributed by atoms with Crippen LogP contribution >= 0.6 is 0 Å². The van der Waals surface area contributed by atoms with Gasteiger partial charge in [0.2, 0.25) is 0 Å². The Morgan fingerprint density at radius 3 is 3.05 bits per heavy atom. The monoisotopic (exact) mass is 260 g/mol. The molecule has 2 heterocycles. The van der Waals surface area contributed by atoms with Crippen LogP contribution in [0, 0.1) is 0 Å². The molecule has 2 aromatic rings. The summed E-state index contributed by atoms with van der Waals surface area (Å²) in [5.41, 5.74) is 6.68. The third-order valence-corrected chi connectivity index (χ3v) is 2.81. The van der Waals surface area contributed by atoms with Crippen LogP contribution in [0.25, 0.3) is 0 Å². The third-order valence-electron chi connectivity index (χ3n) is 2.81. The molecule has 0 amide bonds. The van der Waals surface area contributed by atoms with Gasteiger partial charge in [-0.3, -0.25) is 0 Å². The first-order chi connectivity index (χ1) is 9.29. The molecule has 0 unspecified atom stereocenters. The van der Waals surface area contributed by atoms with Gasteiger partial charge in [-0.15, -0.1) is 0 Å². The highest BCUT2D eigenvalue weighted by molar-refractivity contribution is 5.48. The van der Waals surface area contributed by atoms with E-state index < -0.39 is 0 Å². The molecule has 0 saturated carbocycles. The normalized spacial score (nSPS) is 10.4. The number of rotatable bonds is 7. The molecule has 0 radical (unpaired) electrons. The van der Waals surface area contributed by atoms with Gasteiger partial charge in [0.15, 0.2) is 0 Å². The van der Waals surface area contributed by atoms with Crippen molar-refractivity contribution in [2.24, 2.45) is 5.73 Å². The fraction of sp³-hybridized carbons (Fsp3) is 0.385. The van der Waals surface area contributed by atoms with Crippen molar-refractivity contribution in [3.8, 4) is 0 Å². The third kappa shape index (κ3) is 3.96. The van der Waals surface area contributed by atoms with Crippen molar-refractivity contribution >= 4 is 11.6 Å². The van der Waals surface area contributed by atoms with Crippen LogP contribution in [0.2, 0.25) is 0 Å². The molecule has 0 aromatic carbocycles. The molecule has 102 valence electrons. The molecule has 0 aliphatic rings. The average Bonchev–Trinajstić information content (AvgIpc) is 2.92. The minimum atomic E-state index is 0.679. The number of nitrogens with one attached hydrogen (secondary N) is 2. The molecule has 4 N–H and O–H groups in total. The Bertz CT molecular complexity index is 482. The quantitative estimate of drug-likeness (QED) is 0.652. The van der Waals surface area contributed by atoms with Crippen LogP contribution in [0.4, 0.5) is 11.6 Å². The van der Waals surface area contributed by atoms with E-state index in [4.69, 9.17) is 5.73 Å². The Balaban J connectivity index is 1.97. The first-order valence-corrected chi connectivity index (χ1v) is 6.38. The van der Waals surface area contributed by atoms with Gasteiger partial charge in [0.05, 0.1) is 0 Å². The van der Waals surface area contributed by atoms with Crippen molar-refractivity contribution in [1.82, 2.24) is 15.0 Å².